The molecule has 0 saturated heterocycles. The predicted octanol–water partition coefficient (Wildman–Crippen LogP) is 3.28. The van der Waals surface area contributed by atoms with Crippen molar-refractivity contribution in [3.63, 3.8) is 0 Å². The van der Waals surface area contributed by atoms with Crippen LogP contribution in [0.25, 0.3) is 11.1 Å². The third kappa shape index (κ3) is 2.42. The van der Waals surface area contributed by atoms with Crippen LogP contribution in [0.1, 0.15) is 33.4 Å². The smallest absolute Gasteiger partial charge is 0.102 e. The van der Waals surface area contributed by atoms with Crippen molar-refractivity contribution in [2.75, 3.05) is 19.3 Å². The third-order valence-electron chi connectivity index (χ3n) is 4.95. The van der Waals surface area contributed by atoms with Crippen LogP contribution in [-0.4, -0.2) is 18.5 Å². The molecule has 4 nitrogen and oxygen atoms in total. The lowest BCUT2D eigenvalue weighted by Crippen LogP contribution is -2.28. The van der Waals surface area contributed by atoms with E-state index in [2.05, 4.69) is 50.1 Å². The Bertz CT molecular complexity index is 913. The zero-order valence-corrected chi connectivity index (χ0v) is 14.3. The fourth-order valence-corrected chi connectivity index (χ4v) is 3.44. The number of fused-ring (bicyclic) bond motifs is 1. The lowest BCUT2D eigenvalue weighted by molar-refractivity contribution is 0.313. The zero-order chi connectivity index (χ0) is 17.4. The Morgan fingerprint density at radius 3 is 2.38 bits per heavy atom. The zero-order valence-electron chi connectivity index (χ0n) is 14.3. The van der Waals surface area contributed by atoms with Crippen molar-refractivity contribution in [1.29, 1.82) is 10.5 Å². The second-order valence-corrected chi connectivity index (χ2v) is 6.51. The summed E-state index contributed by atoms with van der Waals surface area (Å²) in [6.45, 7) is 5.75. The van der Waals surface area contributed by atoms with E-state index in [1.165, 1.54) is 11.1 Å². The number of hydrogen-bond acceptors (Lipinski definition) is 4. The van der Waals surface area contributed by atoms with E-state index < -0.39 is 0 Å². The standard InChI is InChI=1S/C20H20N4/c1-12-4-5-14(8-13(12)2)19-17(10-22)20(23)16(9-21)15-6-7-24(3)11-18(15)19/h4-5,8H,6-7,11,23H2,1-3H3. The number of nitriles is 2. The first-order chi connectivity index (χ1) is 11.5. The van der Waals surface area contributed by atoms with E-state index in [0.717, 1.165) is 41.8 Å². The van der Waals surface area contributed by atoms with Crippen molar-refractivity contribution in [1.82, 2.24) is 4.90 Å². The van der Waals surface area contributed by atoms with Crippen molar-refractivity contribution < 1.29 is 0 Å². The molecule has 0 spiro atoms. The quantitative estimate of drug-likeness (QED) is 0.819. The average molecular weight is 316 g/mol. The number of benzene rings is 2. The molecule has 120 valence electrons. The Labute approximate surface area is 142 Å². The molecule has 4 heteroatoms. The summed E-state index contributed by atoms with van der Waals surface area (Å²) in [4.78, 5) is 2.21. The second kappa shape index (κ2) is 6.00. The number of nitrogen functional groups attached to an aromatic ring is 1. The van der Waals surface area contributed by atoms with Gasteiger partial charge in [0.1, 0.15) is 12.1 Å². The van der Waals surface area contributed by atoms with E-state index in [4.69, 9.17) is 5.73 Å². The van der Waals surface area contributed by atoms with Gasteiger partial charge >= 0.3 is 0 Å². The maximum atomic E-state index is 9.72. The van der Waals surface area contributed by atoms with Gasteiger partial charge in [-0.25, -0.2) is 0 Å². The van der Waals surface area contributed by atoms with E-state index in [1.807, 2.05) is 6.07 Å². The average Bonchev–Trinajstić information content (AvgIpc) is 2.56. The molecule has 0 atom stereocenters. The van der Waals surface area contributed by atoms with Gasteiger partial charge in [0.2, 0.25) is 0 Å². The Kier molecular flexibility index (Phi) is 4.01. The van der Waals surface area contributed by atoms with E-state index in [9.17, 15) is 10.5 Å². The number of anilines is 1. The second-order valence-electron chi connectivity index (χ2n) is 6.51. The van der Waals surface area contributed by atoms with Crippen LogP contribution in [0, 0.1) is 36.5 Å². The molecule has 1 aliphatic rings. The van der Waals surface area contributed by atoms with E-state index in [0.29, 0.717) is 16.8 Å². The Balaban J connectivity index is 2.40. The topological polar surface area (TPSA) is 76.8 Å². The minimum absolute atomic E-state index is 0.316. The Hall–Kier alpha value is -2.82. The first-order valence-electron chi connectivity index (χ1n) is 8.01. The third-order valence-corrected chi connectivity index (χ3v) is 4.95. The molecule has 0 saturated carbocycles. The van der Waals surface area contributed by atoms with Crippen LogP contribution < -0.4 is 5.73 Å². The molecule has 0 aromatic heterocycles. The molecule has 24 heavy (non-hydrogen) atoms. The van der Waals surface area contributed by atoms with Gasteiger partial charge in [-0.05, 0) is 55.1 Å². The number of hydrogen-bond donors (Lipinski definition) is 1. The molecule has 2 aromatic rings. The molecule has 2 N–H and O–H groups in total. The van der Waals surface area contributed by atoms with Gasteiger partial charge in [-0.15, -0.1) is 0 Å². The lowest BCUT2D eigenvalue weighted by Gasteiger charge is -2.29. The van der Waals surface area contributed by atoms with Crippen molar-refractivity contribution in [2.24, 2.45) is 0 Å². The Morgan fingerprint density at radius 2 is 1.75 bits per heavy atom. The predicted molar refractivity (Wildman–Crippen MR) is 95.2 cm³/mol. The summed E-state index contributed by atoms with van der Waals surface area (Å²) in [5.41, 5.74) is 13.8. The van der Waals surface area contributed by atoms with Gasteiger partial charge in [-0.1, -0.05) is 18.2 Å². The molecule has 1 aliphatic heterocycles. The highest BCUT2D eigenvalue weighted by molar-refractivity contribution is 5.85. The van der Waals surface area contributed by atoms with Crippen LogP contribution in [0.3, 0.4) is 0 Å². The summed E-state index contributed by atoms with van der Waals surface area (Å²) in [6, 6.07) is 10.7. The molecule has 0 bridgehead atoms. The van der Waals surface area contributed by atoms with Crippen molar-refractivity contribution in [3.05, 3.63) is 51.6 Å². The molecule has 2 aromatic carbocycles. The summed E-state index contributed by atoms with van der Waals surface area (Å²) in [5.74, 6) is 0. The fourth-order valence-electron chi connectivity index (χ4n) is 3.44. The van der Waals surface area contributed by atoms with Crippen LogP contribution in [0.5, 0.6) is 0 Å². The van der Waals surface area contributed by atoms with Crippen LogP contribution in [0.4, 0.5) is 5.69 Å². The summed E-state index contributed by atoms with van der Waals surface area (Å²) >= 11 is 0. The largest absolute Gasteiger partial charge is 0.397 e. The van der Waals surface area contributed by atoms with Crippen LogP contribution >= 0.6 is 0 Å². The maximum absolute atomic E-state index is 9.72. The van der Waals surface area contributed by atoms with Gasteiger partial charge in [-0.2, -0.15) is 10.5 Å². The molecule has 3 rings (SSSR count). The SMILES string of the molecule is Cc1ccc(-c2c(C#N)c(N)c(C#N)c3c2CN(C)CC3)cc1C. The molecule has 0 aliphatic carbocycles. The fraction of sp³-hybridized carbons (Fsp3) is 0.300. The van der Waals surface area contributed by atoms with Crippen molar-refractivity contribution in [3.8, 4) is 23.3 Å². The van der Waals surface area contributed by atoms with Crippen LogP contribution in [0.2, 0.25) is 0 Å². The number of aryl methyl sites for hydroxylation is 2. The minimum Gasteiger partial charge on any atom is -0.397 e. The van der Waals surface area contributed by atoms with Gasteiger partial charge in [0.15, 0.2) is 0 Å². The summed E-state index contributed by atoms with van der Waals surface area (Å²) in [5, 5.41) is 19.3. The monoisotopic (exact) mass is 316 g/mol. The molecule has 0 radical (unpaired) electrons. The minimum atomic E-state index is 0.316. The highest BCUT2D eigenvalue weighted by Gasteiger charge is 2.26. The molecule has 1 heterocycles. The van der Waals surface area contributed by atoms with Gasteiger partial charge < -0.3 is 10.6 Å². The normalized spacial score (nSPS) is 13.9. The van der Waals surface area contributed by atoms with E-state index in [-0.39, 0.29) is 0 Å². The molecule has 0 fully saturated rings. The number of nitrogens with two attached hydrogens (primary N) is 1. The Morgan fingerprint density at radius 1 is 1.04 bits per heavy atom. The lowest BCUT2D eigenvalue weighted by atomic mass is 9.83. The maximum Gasteiger partial charge on any atom is 0.102 e. The number of likely N-dealkylation sites (N-methyl/N-ethyl adjacent to an activating group) is 1. The first kappa shape index (κ1) is 16.1. The van der Waals surface area contributed by atoms with Crippen LogP contribution in [0.15, 0.2) is 18.2 Å². The number of nitrogens with zero attached hydrogens (tertiary/aromatic N) is 3. The van der Waals surface area contributed by atoms with Crippen molar-refractivity contribution in [2.45, 2.75) is 26.8 Å². The highest BCUT2D eigenvalue weighted by Crippen LogP contribution is 2.39. The summed E-state index contributed by atoms with van der Waals surface area (Å²) in [6.07, 6.45) is 0.780. The molecular formula is C20H20N4. The molecule has 0 amide bonds. The summed E-state index contributed by atoms with van der Waals surface area (Å²) in [7, 11) is 2.06. The molecular weight excluding hydrogens is 296 g/mol. The number of rotatable bonds is 1. The summed E-state index contributed by atoms with van der Waals surface area (Å²) < 4.78 is 0. The molecule has 0 unspecified atom stereocenters. The van der Waals surface area contributed by atoms with E-state index in [1.54, 1.807) is 0 Å². The van der Waals surface area contributed by atoms with Gasteiger partial charge in [0.25, 0.3) is 0 Å². The van der Waals surface area contributed by atoms with Gasteiger partial charge in [0, 0.05) is 18.7 Å². The van der Waals surface area contributed by atoms with E-state index >= 15 is 0 Å². The highest BCUT2D eigenvalue weighted by atomic mass is 15.1. The first-order valence-corrected chi connectivity index (χ1v) is 8.01. The van der Waals surface area contributed by atoms with Gasteiger partial charge in [-0.3, -0.25) is 0 Å². The van der Waals surface area contributed by atoms with Crippen molar-refractivity contribution >= 4 is 5.69 Å². The van der Waals surface area contributed by atoms with Crippen LogP contribution in [-0.2, 0) is 13.0 Å². The van der Waals surface area contributed by atoms with Gasteiger partial charge in [0.05, 0.1) is 16.8 Å².